The Labute approximate surface area is 138 Å². The molecular formula is C14H13Br2NO4. The Balaban J connectivity index is 2.10. The van der Waals surface area contributed by atoms with Crippen molar-refractivity contribution in [3.8, 4) is 0 Å². The zero-order valence-electron chi connectivity index (χ0n) is 11.4. The largest absolute Gasteiger partial charge is 0.462 e. The van der Waals surface area contributed by atoms with Gasteiger partial charge in [-0.25, -0.2) is 0 Å². The second-order valence-electron chi connectivity index (χ2n) is 4.64. The number of carbonyl (C=O) groups excluding carboxylic acids is 2. The maximum Gasteiger partial charge on any atom is 0.325 e. The van der Waals surface area contributed by atoms with Crippen molar-refractivity contribution in [1.82, 2.24) is 5.32 Å². The van der Waals surface area contributed by atoms with Gasteiger partial charge in [-0.2, -0.15) is 0 Å². The molecule has 112 valence electrons. The first-order valence-electron chi connectivity index (χ1n) is 6.23. The maximum absolute atomic E-state index is 12.0. The van der Waals surface area contributed by atoms with Crippen molar-refractivity contribution in [2.24, 2.45) is 0 Å². The fourth-order valence-corrected chi connectivity index (χ4v) is 3.07. The van der Waals surface area contributed by atoms with Crippen molar-refractivity contribution in [2.75, 3.05) is 6.54 Å². The molecule has 0 radical (unpaired) electrons. The van der Waals surface area contributed by atoms with Crippen LogP contribution in [0.1, 0.15) is 24.4 Å². The molecule has 0 spiro atoms. The average Bonchev–Trinajstić information content (AvgIpc) is 2.79. The lowest BCUT2D eigenvalue weighted by Crippen LogP contribution is -2.31. The number of carbonyl (C=O) groups is 2. The van der Waals surface area contributed by atoms with E-state index in [0.717, 1.165) is 14.3 Å². The molecule has 1 aromatic carbocycles. The Bertz CT molecular complexity index is 694. The minimum Gasteiger partial charge on any atom is -0.462 e. The van der Waals surface area contributed by atoms with Crippen molar-refractivity contribution in [3.05, 3.63) is 32.9 Å². The first-order chi connectivity index (χ1) is 9.86. The van der Waals surface area contributed by atoms with E-state index in [9.17, 15) is 9.59 Å². The summed E-state index contributed by atoms with van der Waals surface area (Å²) in [5.74, 6) is -0.811. The number of hydrogen-bond donors (Lipinski definition) is 1. The molecule has 0 bridgehead atoms. The van der Waals surface area contributed by atoms with Crippen molar-refractivity contribution < 1.29 is 18.7 Å². The van der Waals surface area contributed by atoms with Crippen LogP contribution in [0.4, 0.5) is 0 Å². The van der Waals surface area contributed by atoms with E-state index in [-0.39, 0.29) is 18.4 Å². The van der Waals surface area contributed by atoms with Crippen LogP contribution in [-0.2, 0) is 9.53 Å². The van der Waals surface area contributed by atoms with Gasteiger partial charge in [0.15, 0.2) is 5.76 Å². The molecule has 0 atom stereocenters. The molecule has 5 nitrogen and oxygen atoms in total. The first-order valence-corrected chi connectivity index (χ1v) is 7.81. The summed E-state index contributed by atoms with van der Waals surface area (Å²) in [6, 6.07) is 5.29. The quantitative estimate of drug-likeness (QED) is 0.769. The molecule has 1 N–H and O–H groups in total. The highest BCUT2D eigenvalue weighted by Gasteiger charge is 2.16. The van der Waals surface area contributed by atoms with Crippen LogP contribution in [0.3, 0.4) is 0 Å². The van der Waals surface area contributed by atoms with Crippen LogP contribution in [0.2, 0.25) is 0 Å². The third kappa shape index (κ3) is 4.07. The third-order valence-corrected chi connectivity index (χ3v) is 3.57. The molecule has 1 amide bonds. The van der Waals surface area contributed by atoms with E-state index in [1.165, 1.54) is 0 Å². The molecule has 1 heterocycles. The van der Waals surface area contributed by atoms with Crippen LogP contribution in [0.5, 0.6) is 0 Å². The van der Waals surface area contributed by atoms with Crippen LogP contribution in [-0.4, -0.2) is 24.5 Å². The number of rotatable bonds is 4. The van der Waals surface area contributed by atoms with E-state index in [0.29, 0.717) is 5.58 Å². The van der Waals surface area contributed by atoms with Crippen LogP contribution >= 0.6 is 31.9 Å². The maximum atomic E-state index is 12.0. The van der Waals surface area contributed by atoms with Gasteiger partial charge in [-0.1, -0.05) is 15.9 Å². The van der Waals surface area contributed by atoms with Gasteiger partial charge in [0.05, 0.1) is 10.6 Å². The molecular weight excluding hydrogens is 406 g/mol. The van der Waals surface area contributed by atoms with Crippen molar-refractivity contribution in [3.63, 3.8) is 0 Å². The molecule has 7 heteroatoms. The van der Waals surface area contributed by atoms with Gasteiger partial charge in [0.25, 0.3) is 5.91 Å². The van der Waals surface area contributed by atoms with E-state index in [2.05, 4.69) is 37.2 Å². The van der Waals surface area contributed by atoms with Gasteiger partial charge in [0, 0.05) is 9.86 Å². The number of fused-ring (bicyclic) bond motifs is 1. The lowest BCUT2D eigenvalue weighted by atomic mass is 10.2. The van der Waals surface area contributed by atoms with Crippen LogP contribution in [0, 0.1) is 0 Å². The third-order valence-electron chi connectivity index (χ3n) is 2.52. The van der Waals surface area contributed by atoms with Crippen molar-refractivity contribution in [1.29, 1.82) is 0 Å². The number of nitrogens with one attached hydrogen (secondary N) is 1. The van der Waals surface area contributed by atoms with Crippen molar-refractivity contribution in [2.45, 2.75) is 20.0 Å². The molecule has 0 aliphatic heterocycles. The molecule has 2 aromatic rings. The van der Waals surface area contributed by atoms with E-state index in [4.69, 9.17) is 9.15 Å². The zero-order valence-corrected chi connectivity index (χ0v) is 14.6. The molecule has 0 aliphatic rings. The minimum atomic E-state index is -0.488. The van der Waals surface area contributed by atoms with Crippen molar-refractivity contribution >= 4 is 54.7 Å². The van der Waals surface area contributed by atoms with Gasteiger partial charge < -0.3 is 14.5 Å². The zero-order chi connectivity index (χ0) is 15.6. The van der Waals surface area contributed by atoms with Gasteiger partial charge in [0.2, 0.25) is 0 Å². The van der Waals surface area contributed by atoms with Crippen LogP contribution in [0.25, 0.3) is 11.0 Å². The Morgan fingerprint density at radius 1 is 1.29 bits per heavy atom. The fraction of sp³-hybridized carbons (Fsp3) is 0.286. The predicted octanol–water partition coefficient (Wildman–Crippen LogP) is 3.64. The highest BCUT2D eigenvalue weighted by Crippen LogP contribution is 2.30. The number of amides is 1. The van der Waals surface area contributed by atoms with Crippen LogP contribution < -0.4 is 5.32 Å². The summed E-state index contributed by atoms with van der Waals surface area (Å²) >= 11 is 6.74. The SMILES string of the molecule is CC(C)OC(=O)CNC(=O)c1cc2cc(Br)cc(Br)c2o1. The highest BCUT2D eigenvalue weighted by molar-refractivity contribution is 9.11. The summed E-state index contributed by atoms with van der Waals surface area (Å²) in [5, 5.41) is 3.25. The monoisotopic (exact) mass is 417 g/mol. The topological polar surface area (TPSA) is 68.5 Å². The summed E-state index contributed by atoms with van der Waals surface area (Å²) < 4.78 is 12.0. The number of furan rings is 1. The van der Waals surface area contributed by atoms with Gasteiger partial charge in [-0.05, 0) is 48.0 Å². The Morgan fingerprint density at radius 3 is 2.67 bits per heavy atom. The smallest absolute Gasteiger partial charge is 0.325 e. The number of ether oxygens (including phenoxy) is 1. The number of hydrogen-bond acceptors (Lipinski definition) is 4. The molecule has 0 saturated heterocycles. The second kappa shape index (κ2) is 6.62. The molecule has 0 unspecified atom stereocenters. The average molecular weight is 419 g/mol. The Hall–Kier alpha value is -1.34. The number of esters is 1. The molecule has 1 aromatic heterocycles. The molecule has 2 rings (SSSR count). The normalized spacial score (nSPS) is 10.9. The summed E-state index contributed by atoms with van der Waals surface area (Å²) in [4.78, 5) is 23.3. The fourth-order valence-electron chi connectivity index (χ4n) is 1.73. The van der Waals surface area contributed by atoms with Crippen LogP contribution in [0.15, 0.2) is 31.6 Å². The van der Waals surface area contributed by atoms with Gasteiger partial charge in [-0.3, -0.25) is 9.59 Å². The predicted molar refractivity (Wildman–Crippen MR) is 85.2 cm³/mol. The number of benzene rings is 1. The van der Waals surface area contributed by atoms with E-state index >= 15 is 0 Å². The lowest BCUT2D eigenvalue weighted by Gasteiger charge is -2.07. The van der Waals surface area contributed by atoms with Gasteiger partial charge in [-0.15, -0.1) is 0 Å². The lowest BCUT2D eigenvalue weighted by molar-refractivity contribution is -0.146. The Kier molecular flexibility index (Phi) is 5.05. The second-order valence-corrected chi connectivity index (χ2v) is 6.41. The summed E-state index contributed by atoms with van der Waals surface area (Å²) in [6.07, 6.45) is -0.214. The molecule has 0 aliphatic carbocycles. The van der Waals surface area contributed by atoms with E-state index < -0.39 is 11.9 Å². The Morgan fingerprint density at radius 2 is 2.00 bits per heavy atom. The highest BCUT2D eigenvalue weighted by atomic mass is 79.9. The minimum absolute atomic E-state index is 0.140. The summed E-state index contributed by atoms with van der Waals surface area (Å²) in [6.45, 7) is 3.29. The van der Waals surface area contributed by atoms with E-state index in [1.807, 2.05) is 12.1 Å². The summed E-state index contributed by atoms with van der Waals surface area (Å²) in [5.41, 5.74) is 0.577. The van der Waals surface area contributed by atoms with Gasteiger partial charge >= 0.3 is 5.97 Å². The molecule has 21 heavy (non-hydrogen) atoms. The number of halogens is 2. The van der Waals surface area contributed by atoms with Gasteiger partial charge in [0.1, 0.15) is 12.1 Å². The first kappa shape index (κ1) is 16.0. The standard InChI is InChI=1S/C14H13Br2NO4/c1-7(2)20-12(18)6-17-14(19)11-4-8-3-9(15)5-10(16)13(8)21-11/h3-5,7H,6H2,1-2H3,(H,17,19). The molecule has 0 saturated carbocycles. The summed E-state index contributed by atoms with van der Waals surface area (Å²) in [7, 11) is 0. The van der Waals surface area contributed by atoms with E-state index in [1.54, 1.807) is 19.9 Å². The molecule has 0 fully saturated rings.